The summed E-state index contributed by atoms with van der Waals surface area (Å²) in [5.41, 5.74) is 8.57. The number of nitrogens with one attached hydrogen (secondary N) is 1. The van der Waals surface area contributed by atoms with Gasteiger partial charge in [0.1, 0.15) is 0 Å². The Hall–Kier alpha value is -1.35. The highest BCUT2D eigenvalue weighted by Gasteiger charge is 2.40. The average Bonchev–Trinajstić information content (AvgIpc) is 2.49. The van der Waals surface area contributed by atoms with Gasteiger partial charge >= 0.3 is 0 Å². The van der Waals surface area contributed by atoms with Crippen molar-refractivity contribution in [1.82, 2.24) is 0 Å². The predicted octanol–water partition coefficient (Wildman–Crippen LogP) is 3.73. The molecule has 1 amide bonds. The van der Waals surface area contributed by atoms with E-state index >= 15 is 0 Å². The van der Waals surface area contributed by atoms with Gasteiger partial charge < -0.3 is 11.1 Å². The number of fused-ring (bicyclic) bond motifs is 2. The van der Waals surface area contributed by atoms with Gasteiger partial charge in [-0.2, -0.15) is 0 Å². The van der Waals surface area contributed by atoms with Crippen LogP contribution in [0.2, 0.25) is 0 Å². The Morgan fingerprint density at radius 2 is 1.91 bits per heavy atom. The maximum Gasteiger partial charge on any atom is 0.227 e. The van der Waals surface area contributed by atoms with Crippen molar-refractivity contribution in [2.45, 2.75) is 57.9 Å². The summed E-state index contributed by atoms with van der Waals surface area (Å²) in [6.07, 6.45) is 7.74. The molecule has 3 rings (SSSR count). The Balaban J connectivity index is 1.68. The van der Waals surface area contributed by atoms with E-state index in [0.717, 1.165) is 31.4 Å². The zero-order valence-corrected chi connectivity index (χ0v) is 13.6. The molecule has 120 valence electrons. The lowest BCUT2D eigenvalue weighted by Crippen LogP contribution is -2.48. The van der Waals surface area contributed by atoms with Crippen molar-refractivity contribution in [3.63, 3.8) is 0 Å². The normalized spacial score (nSPS) is 30.8. The molecule has 2 fully saturated rings. The monoisotopic (exact) mass is 300 g/mol. The molecule has 2 saturated carbocycles. The van der Waals surface area contributed by atoms with Crippen LogP contribution in [0.1, 0.15) is 51.0 Å². The summed E-state index contributed by atoms with van der Waals surface area (Å²) in [4.78, 5) is 12.7. The molecule has 2 unspecified atom stereocenters. The highest BCUT2D eigenvalue weighted by atomic mass is 16.1. The first-order chi connectivity index (χ1) is 10.7. The molecule has 0 radical (unpaired) electrons. The molecule has 1 aromatic carbocycles. The summed E-state index contributed by atoms with van der Waals surface area (Å²) in [5.74, 6) is 1.44. The molecule has 2 atom stereocenters. The number of aryl methyl sites for hydroxylation is 1. The minimum absolute atomic E-state index is 0.143. The number of carbonyl (C=O) groups is 1. The van der Waals surface area contributed by atoms with Crippen LogP contribution in [0.5, 0.6) is 0 Å². The summed E-state index contributed by atoms with van der Waals surface area (Å²) >= 11 is 0. The lowest BCUT2D eigenvalue weighted by Gasteiger charge is -2.43. The molecule has 3 nitrogen and oxygen atoms in total. The molecule has 0 spiro atoms. The maximum absolute atomic E-state index is 12.7. The summed E-state index contributed by atoms with van der Waals surface area (Å²) in [5, 5.41) is 3.19. The van der Waals surface area contributed by atoms with Crippen LogP contribution in [0.15, 0.2) is 24.3 Å². The number of hydrogen-bond donors (Lipinski definition) is 2. The van der Waals surface area contributed by atoms with Crippen molar-refractivity contribution in [2.75, 3.05) is 5.32 Å². The van der Waals surface area contributed by atoms with E-state index in [9.17, 15) is 4.79 Å². The van der Waals surface area contributed by atoms with Crippen LogP contribution in [0, 0.1) is 17.8 Å². The number of nitrogens with two attached hydrogens (primary N) is 1. The van der Waals surface area contributed by atoms with E-state index in [1.807, 2.05) is 18.2 Å². The third-order valence-electron chi connectivity index (χ3n) is 5.58. The fourth-order valence-electron chi connectivity index (χ4n) is 4.37. The van der Waals surface area contributed by atoms with E-state index in [0.29, 0.717) is 17.9 Å². The standard InChI is InChI=1S/C19H28N2O/c1-2-6-13-7-3-4-10-17(13)21-19(22)16-11-14-8-5-9-15(12-16)18(14)20/h3-4,7,10,14-16,18H,2,5-6,8-9,11-12,20H2,1H3,(H,21,22). The molecular weight excluding hydrogens is 272 g/mol. The Bertz CT molecular complexity index is 514. The molecule has 2 aliphatic carbocycles. The average molecular weight is 300 g/mol. The number of rotatable bonds is 4. The Kier molecular flexibility index (Phi) is 4.82. The molecule has 0 aliphatic heterocycles. The minimum Gasteiger partial charge on any atom is -0.327 e. The van der Waals surface area contributed by atoms with Crippen LogP contribution in [-0.4, -0.2) is 11.9 Å². The zero-order chi connectivity index (χ0) is 15.5. The molecule has 2 aliphatic rings. The Labute approximate surface area is 133 Å². The van der Waals surface area contributed by atoms with Gasteiger partial charge in [-0.25, -0.2) is 0 Å². The van der Waals surface area contributed by atoms with Crippen molar-refractivity contribution < 1.29 is 4.79 Å². The van der Waals surface area contributed by atoms with E-state index < -0.39 is 0 Å². The van der Waals surface area contributed by atoms with Crippen LogP contribution in [0.3, 0.4) is 0 Å². The van der Waals surface area contributed by atoms with Crippen LogP contribution in [0.4, 0.5) is 5.69 Å². The van der Waals surface area contributed by atoms with Gasteiger partial charge in [0.15, 0.2) is 0 Å². The molecule has 22 heavy (non-hydrogen) atoms. The van der Waals surface area contributed by atoms with Gasteiger partial charge in [-0.1, -0.05) is 38.0 Å². The largest absolute Gasteiger partial charge is 0.327 e. The topological polar surface area (TPSA) is 55.1 Å². The van der Waals surface area contributed by atoms with Crippen molar-refractivity contribution in [2.24, 2.45) is 23.5 Å². The molecule has 2 bridgehead atoms. The van der Waals surface area contributed by atoms with Crippen LogP contribution >= 0.6 is 0 Å². The molecule has 0 saturated heterocycles. The maximum atomic E-state index is 12.7. The van der Waals surface area contributed by atoms with E-state index in [1.54, 1.807) is 0 Å². The van der Waals surface area contributed by atoms with E-state index in [1.165, 1.54) is 24.8 Å². The first-order valence-electron chi connectivity index (χ1n) is 8.83. The minimum atomic E-state index is 0.143. The number of carbonyl (C=O) groups excluding carboxylic acids is 1. The fourth-order valence-corrected chi connectivity index (χ4v) is 4.37. The van der Waals surface area contributed by atoms with Gasteiger partial charge in [0.25, 0.3) is 0 Å². The lowest BCUT2D eigenvalue weighted by atomic mass is 9.65. The van der Waals surface area contributed by atoms with Gasteiger partial charge in [0.2, 0.25) is 5.91 Å². The molecule has 1 aromatic rings. The number of amides is 1. The molecule has 0 aromatic heterocycles. The van der Waals surface area contributed by atoms with E-state index in [-0.39, 0.29) is 11.8 Å². The summed E-state index contributed by atoms with van der Waals surface area (Å²) in [7, 11) is 0. The van der Waals surface area contributed by atoms with Crippen molar-refractivity contribution in [3.05, 3.63) is 29.8 Å². The van der Waals surface area contributed by atoms with Crippen molar-refractivity contribution in [1.29, 1.82) is 0 Å². The van der Waals surface area contributed by atoms with E-state index in [4.69, 9.17) is 5.73 Å². The first kappa shape index (κ1) is 15.5. The second-order valence-corrected chi connectivity index (χ2v) is 7.09. The smallest absolute Gasteiger partial charge is 0.227 e. The third kappa shape index (κ3) is 3.19. The third-order valence-corrected chi connectivity index (χ3v) is 5.58. The van der Waals surface area contributed by atoms with Gasteiger partial charge in [-0.3, -0.25) is 4.79 Å². The van der Waals surface area contributed by atoms with E-state index in [2.05, 4.69) is 18.3 Å². The van der Waals surface area contributed by atoms with Crippen LogP contribution in [0.25, 0.3) is 0 Å². The van der Waals surface area contributed by atoms with Gasteiger partial charge in [-0.05, 0) is 55.6 Å². The van der Waals surface area contributed by atoms with Crippen LogP contribution in [-0.2, 0) is 11.2 Å². The van der Waals surface area contributed by atoms with Crippen LogP contribution < -0.4 is 11.1 Å². The second-order valence-electron chi connectivity index (χ2n) is 7.09. The summed E-state index contributed by atoms with van der Waals surface area (Å²) in [6.45, 7) is 2.17. The predicted molar refractivity (Wildman–Crippen MR) is 90.6 cm³/mol. The summed E-state index contributed by atoms with van der Waals surface area (Å²) in [6, 6.07) is 8.51. The zero-order valence-electron chi connectivity index (χ0n) is 13.6. The number of hydrogen-bond acceptors (Lipinski definition) is 2. The number of para-hydroxylation sites is 1. The second kappa shape index (κ2) is 6.82. The summed E-state index contributed by atoms with van der Waals surface area (Å²) < 4.78 is 0. The van der Waals surface area contributed by atoms with Crippen molar-refractivity contribution in [3.8, 4) is 0 Å². The number of anilines is 1. The Morgan fingerprint density at radius 1 is 1.23 bits per heavy atom. The highest BCUT2D eigenvalue weighted by Crippen LogP contribution is 2.42. The lowest BCUT2D eigenvalue weighted by molar-refractivity contribution is -0.122. The molecule has 3 heteroatoms. The molecular formula is C19H28N2O. The fraction of sp³-hybridized carbons (Fsp3) is 0.632. The molecule has 0 heterocycles. The van der Waals surface area contributed by atoms with Gasteiger partial charge in [0.05, 0.1) is 0 Å². The van der Waals surface area contributed by atoms with Crippen molar-refractivity contribution >= 4 is 11.6 Å². The number of benzene rings is 1. The van der Waals surface area contributed by atoms with Gasteiger partial charge in [-0.15, -0.1) is 0 Å². The first-order valence-corrected chi connectivity index (χ1v) is 8.83. The molecule has 3 N–H and O–H groups in total. The van der Waals surface area contributed by atoms with Gasteiger partial charge in [0, 0.05) is 17.6 Å². The quantitative estimate of drug-likeness (QED) is 0.890. The SMILES string of the molecule is CCCc1ccccc1NC(=O)C1CC2CCCC(C1)C2N. The Morgan fingerprint density at radius 3 is 2.59 bits per heavy atom. The highest BCUT2D eigenvalue weighted by molar-refractivity contribution is 5.93.